The van der Waals surface area contributed by atoms with Gasteiger partial charge in [0.1, 0.15) is 0 Å². The summed E-state index contributed by atoms with van der Waals surface area (Å²) in [6.45, 7) is 4.72. The lowest BCUT2D eigenvalue weighted by Crippen LogP contribution is -2.15. The molecule has 0 aliphatic heterocycles. The molecule has 0 spiro atoms. The first-order chi connectivity index (χ1) is 21.1. The van der Waals surface area contributed by atoms with Crippen LogP contribution in [-0.4, -0.2) is 9.97 Å². The van der Waals surface area contributed by atoms with Crippen molar-refractivity contribution in [3.05, 3.63) is 157 Å². The molecule has 0 N–H and O–H groups in total. The van der Waals surface area contributed by atoms with Crippen molar-refractivity contribution in [2.45, 2.75) is 19.3 Å². The van der Waals surface area contributed by atoms with E-state index in [1.54, 1.807) is 0 Å². The van der Waals surface area contributed by atoms with E-state index in [9.17, 15) is 0 Å². The highest BCUT2D eigenvalue weighted by Crippen LogP contribution is 2.54. The summed E-state index contributed by atoms with van der Waals surface area (Å²) in [5.41, 5.74) is 12.9. The minimum absolute atomic E-state index is 0.0792. The minimum Gasteiger partial charge on any atom is -0.228 e. The van der Waals surface area contributed by atoms with Gasteiger partial charge in [-0.3, -0.25) is 0 Å². The van der Waals surface area contributed by atoms with Crippen molar-refractivity contribution >= 4 is 10.8 Å². The van der Waals surface area contributed by atoms with Crippen LogP contribution in [0.15, 0.2) is 146 Å². The third-order valence-electron chi connectivity index (χ3n) is 8.86. The average molecular weight is 551 g/mol. The molecule has 0 amide bonds. The summed E-state index contributed by atoms with van der Waals surface area (Å²) in [7, 11) is 0. The Bertz CT molecular complexity index is 2070. The number of hydrogen-bond acceptors (Lipinski definition) is 2. The van der Waals surface area contributed by atoms with E-state index in [0.717, 1.165) is 33.9 Å². The van der Waals surface area contributed by atoms with Gasteiger partial charge in [0.2, 0.25) is 0 Å². The van der Waals surface area contributed by atoms with Gasteiger partial charge in [0.15, 0.2) is 5.82 Å². The van der Waals surface area contributed by atoms with Crippen LogP contribution in [0.5, 0.6) is 0 Å². The van der Waals surface area contributed by atoms with E-state index in [2.05, 4.69) is 135 Å². The maximum Gasteiger partial charge on any atom is 0.160 e. The van der Waals surface area contributed by atoms with Gasteiger partial charge in [-0.05, 0) is 56.3 Å². The number of rotatable bonds is 4. The zero-order chi connectivity index (χ0) is 29.0. The van der Waals surface area contributed by atoms with Crippen LogP contribution in [0.2, 0.25) is 0 Å². The van der Waals surface area contributed by atoms with Gasteiger partial charge >= 0.3 is 0 Å². The molecule has 0 unspecified atom stereocenters. The summed E-state index contributed by atoms with van der Waals surface area (Å²) < 4.78 is 0. The molecule has 0 saturated heterocycles. The van der Waals surface area contributed by atoms with E-state index < -0.39 is 0 Å². The van der Waals surface area contributed by atoms with E-state index >= 15 is 0 Å². The molecule has 2 nitrogen and oxygen atoms in total. The fourth-order valence-electron chi connectivity index (χ4n) is 6.77. The van der Waals surface area contributed by atoms with Crippen molar-refractivity contribution in [1.29, 1.82) is 0 Å². The molecule has 43 heavy (non-hydrogen) atoms. The minimum atomic E-state index is -0.0792. The quantitative estimate of drug-likeness (QED) is 0.218. The Labute approximate surface area is 252 Å². The Kier molecular flexibility index (Phi) is 5.84. The van der Waals surface area contributed by atoms with Crippen molar-refractivity contribution in [2.75, 3.05) is 0 Å². The highest BCUT2D eigenvalue weighted by Gasteiger charge is 2.38. The first-order valence-electron chi connectivity index (χ1n) is 14.8. The third kappa shape index (κ3) is 4.18. The molecule has 0 fully saturated rings. The lowest BCUT2D eigenvalue weighted by Gasteiger charge is -2.24. The van der Waals surface area contributed by atoms with E-state index in [4.69, 9.17) is 9.97 Å². The van der Waals surface area contributed by atoms with Gasteiger partial charge in [0.25, 0.3) is 0 Å². The van der Waals surface area contributed by atoms with Crippen LogP contribution in [0.4, 0.5) is 0 Å². The number of benzene rings is 6. The van der Waals surface area contributed by atoms with E-state index in [1.165, 1.54) is 44.2 Å². The summed E-state index contributed by atoms with van der Waals surface area (Å²) in [4.78, 5) is 9.99. The van der Waals surface area contributed by atoms with Gasteiger partial charge in [0.05, 0.1) is 11.4 Å². The van der Waals surface area contributed by atoms with Crippen LogP contribution in [0.3, 0.4) is 0 Å². The standard InChI is InChI=1S/C41H30N2/c1-41(2)35-20-12-11-19-33(35)38-34(25-31-17-9-10-18-32(31)39(38)41)27-21-23-29(24-22-27)37-26-36(28-13-5-3-6-14-28)42-40(43-37)30-15-7-4-8-16-30/h3-26H,1-2H3. The molecule has 2 heteroatoms. The lowest BCUT2D eigenvalue weighted by atomic mass is 9.79. The van der Waals surface area contributed by atoms with Crippen molar-refractivity contribution in [3.8, 4) is 56.2 Å². The van der Waals surface area contributed by atoms with Crippen LogP contribution < -0.4 is 0 Å². The van der Waals surface area contributed by atoms with Crippen molar-refractivity contribution in [3.63, 3.8) is 0 Å². The second kappa shape index (κ2) is 9.89. The van der Waals surface area contributed by atoms with Crippen molar-refractivity contribution in [1.82, 2.24) is 9.97 Å². The number of nitrogens with zero attached hydrogens (tertiary/aromatic N) is 2. The molecule has 0 atom stereocenters. The van der Waals surface area contributed by atoms with Gasteiger partial charge in [-0.1, -0.05) is 147 Å². The molecule has 1 aromatic heterocycles. The molecule has 1 aliphatic rings. The fourth-order valence-corrected chi connectivity index (χ4v) is 6.77. The average Bonchev–Trinajstić information content (AvgIpc) is 3.32. The highest BCUT2D eigenvalue weighted by molar-refractivity contribution is 6.04. The molecular formula is C41H30N2. The predicted octanol–water partition coefficient (Wildman–Crippen LogP) is 10.6. The zero-order valence-electron chi connectivity index (χ0n) is 24.3. The van der Waals surface area contributed by atoms with Crippen molar-refractivity contribution < 1.29 is 0 Å². The van der Waals surface area contributed by atoms with E-state index in [-0.39, 0.29) is 5.41 Å². The number of fused-ring (bicyclic) bond motifs is 5. The van der Waals surface area contributed by atoms with Crippen LogP contribution in [0.25, 0.3) is 66.9 Å². The molecule has 1 aliphatic carbocycles. The summed E-state index contributed by atoms with van der Waals surface area (Å²) >= 11 is 0. The Morgan fingerprint density at radius 3 is 1.74 bits per heavy atom. The Morgan fingerprint density at radius 1 is 0.465 bits per heavy atom. The second-order valence-corrected chi connectivity index (χ2v) is 11.8. The molecule has 6 aromatic carbocycles. The second-order valence-electron chi connectivity index (χ2n) is 11.8. The topological polar surface area (TPSA) is 25.8 Å². The number of hydrogen-bond donors (Lipinski definition) is 0. The van der Waals surface area contributed by atoms with Gasteiger partial charge in [-0.25, -0.2) is 9.97 Å². The smallest absolute Gasteiger partial charge is 0.160 e. The SMILES string of the molecule is CC1(C)c2ccccc2-c2c(-c3ccc(-c4cc(-c5ccccc5)nc(-c5ccccc5)n4)cc3)cc3ccccc3c21. The van der Waals surface area contributed by atoms with Gasteiger partial charge in [0, 0.05) is 22.1 Å². The van der Waals surface area contributed by atoms with Crippen LogP contribution in [0, 0.1) is 0 Å². The van der Waals surface area contributed by atoms with Crippen LogP contribution in [0.1, 0.15) is 25.0 Å². The molecule has 1 heterocycles. The zero-order valence-corrected chi connectivity index (χ0v) is 24.3. The summed E-state index contributed by atoms with van der Waals surface area (Å²) in [5, 5.41) is 2.61. The third-order valence-corrected chi connectivity index (χ3v) is 8.86. The molecule has 204 valence electrons. The fraction of sp³-hybridized carbons (Fsp3) is 0.0732. The molecular weight excluding hydrogens is 520 g/mol. The Hall–Kier alpha value is -5.34. The lowest BCUT2D eigenvalue weighted by molar-refractivity contribution is 0.666. The maximum atomic E-state index is 5.04. The monoisotopic (exact) mass is 550 g/mol. The molecule has 8 rings (SSSR count). The first-order valence-corrected chi connectivity index (χ1v) is 14.8. The molecule has 0 bridgehead atoms. The molecule has 0 saturated carbocycles. The van der Waals surface area contributed by atoms with Crippen LogP contribution in [-0.2, 0) is 5.41 Å². The summed E-state index contributed by atoms with van der Waals surface area (Å²) in [6.07, 6.45) is 0. The van der Waals surface area contributed by atoms with E-state index in [0.29, 0.717) is 0 Å². The highest BCUT2D eigenvalue weighted by atomic mass is 14.9. The largest absolute Gasteiger partial charge is 0.228 e. The Morgan fingerprint density at radius 2 is 1.02 bits per heavy atom. The Balaban J connectivity index is 1.29. The van der Waals surface area contributed by atoms with E-state index in [1.807, 2.05) is 24.3 Å². The predicted molar refractivity (Wildman–Crippen MR) is 179 cm³/mol. The summed E-state index contributed by atoms with van der Waals surface area (Å²) in [5.74, 6) is 0.729. The first kappa shape index (κ1) is 25.4. The van der Waals surface area contributed by atoms with Crippen LogP contribution >= 0.6 is 0 Å². The summed E-state index contributed by atoms with van der Waals surface area (Å²) in [6, 6.07) is 51.6. The number of aromatic nitrogens is 2. The maximum absolute atomic E-state index is 5.04. The van der Waals surface area contributed by atoms with Gasteiger partial charge in [-0.2, -0.15) is 0 Å². The van der Waals surface area contributed by atoms with Gasteiger partial charge in [-0.15, -0.1) is 0 Å². The molecule has 0 radical (unpaired) electrons. The van der Waals surface area contributed by atoms with Crippen molar-refractivity contribution in [2.24, 2.45) is 0 Å². The molecule has 7 aromatic rings. The van der Waals surface area contributed by atoms with Gasteiger partial charge < -0.3 is 0 Å². The normalized spacial score (nSPS) is 13.1.